The van der Waals surface area contributed by atoms with Gasteiger partial charge in [0, 0.05) is 25.2 Å². The molecule has 1 aromatic rings. The van der Waals surface area contributed by atoms with Crippen LogP contribution in [-0.2, 0) is 15.4 Å². The molecule has 0 aliphatic carbocycles. The van der Waals surface area contributed by atoms with Crippen LogP contribution in [0.4, 0.5) is 5.69 Å². The topological polar surface area (TPSA) is 80.5 Å². The van der Waals surface area contributed by atoms with Crippen LogP contribution in [0.15, 0.2) is 23.1 Å². The van der Waals surface area contributed by atoms with Gasteiger partial charge in [-0.05, 0) is 29.9 Å². The number of rotatable bonds is 3. The third-order valence-electron chi connectivity index (χ3n) is 3.67. The predicted molar refractivity (Wildman–Crippen MR) is 79.8 cm³/mol. The second-order valence-electron chi connectivity index (χ2n) is 6.33. The lowest BCUT2D eigenvalue weighted by Crippen LogP contribution is -2.28. The summed E-state index contributed by atoms with van der Waals surface area (Å²) in [6.07, 6.45) is 1.67. The third kappa shape index (κ3) is 3.24. The summed E-state index contributed by atoms with van der Waals surface area (Å²) in [6, 6.07) is 4.16. The first-order valence-corrected chi connectivity index (χ1v) is 8.36. The van der Waals surface area contributed by atoms with E-state index in [2.05, 4.69) is 0 Å². The first-order valence-electron chi connectivity index (χ1n) is 6.92. The Hall–Kier alpha value is -1.47. The molecule has 0 radical (unpaired) electrons. The van der Waals surface area contributed by atoms with E-state index in [9.17, 15) is 18.5 Å². The molecule has 0 atom stereocenters. The van der Waals surface area contributed by atoms with Gasteiger partial charge in [0.15, 0.2) is 0 Å². The van der Waals surface area contributed by atoms with E-state index in [0.29, 0.717) is 18.7 Å². The largest absolute Gasteiger partial charge is 0.271 e. The SMILES string of the molecule is CC(C)(C)c1cc([N+](=O)[O-])cc(S(=O)(=O)N2CCCC2)c1. The average molecular weight is 312 g/mol. The molecule has 0 saturated carbocycles. The standard InChI is InChI=1S/C14H20N2O4S/c1-14(2,3)11-8-12(16(17)18)10-13(9-11)21(19,20)15-6-4-5-7-15/h8-10H,4-7H2,1-3H3. The van der Waals surface area contributed by atoms with Crippen molar-refractivity contribution in [2.24, 2.45) is 0 Å². The molecule has 1 saturated heterocycles. The summed E-state index contributed by atoms with van der Waals surface area (Å²) in [6.45, 7) is 6.67. The molecule has 0 aromatic heterocycles. The van der Waals surface area contributed by atoms with Gasteiger partial charge >= 0.3 is 0 Å². The summed E-state index contributed by atoms with van der Waals surface area (Å²) in [5.74, 6) is 0. The van der Waals surface area contributed by atoms with Gasteiger partial charge in [-0.25, -0.2) is 8.42 Å². The lowest BCUT2D eigenvalue weighted by Gasteiger charge is -2.21. The second kappa shape index (κ2) is 5.38. The van der Waals surface area contributed by atoms with E-state index >= 15 is 0 Å². The van der Waals surface area contributed by atoms with Gasteiger partial charge < -0.3 is 0 Å². The first-order chi connectivity index (χ1) is 9.62. The van der Waals surface area contributed by atoms with Gasteiger partial charge in [0.2, 0.25) is 10.0 Å². The van der Waals surface area contributed by atoms with Crippen LogP contribution in [0.2, 0.25) is 0 Å². The molecule has 2 rings (SSSR count). The van der Waals surface area contributed by atoms with Crippen LogP contribution in [-0.4, -0.2) is 30.7 Å². The number of nitro benzene ring substituents is 1. The Balaban J connectivity index is 2.57. The van der Waals surface area contributed by atoms with Crippen LogP contribution in [0.3, 0.4) is 0 Å². The fourth-order valence-electron chi connectivity index (χ4n) is 2.35. The summed E-state index contributed by atoms with van der Waals surface area (Å²) in [5, 5.41) is 11.1. The van der Waals surface area contributed by atoms with Crippen LogP contribution in [0.5, 0.6) is 0 Å². The Morgan fingerprint density at radius 1 is 1.14 bits per heavy atom. The average Bonchev–Trinajstić information content (AvgIpc) is 2.91. The normalized spacial score (nSPS) is 17.1. The molecule has 0 amide bonds. The van der Waals surface area contributed by atoms with Crippen LogP contribution < -0.4 is 0 Å². The van der Waals surface area contributed by atoms with Gasteiger partial charge in [0.1, 0.15) is 0 Å². The highest BCUT2D eigenvalue weighted by Crippen LogP contribution is 2.31. The Morgan fingerprint density at radius 3 is 2.19 bits per heavy atom. The molecule has 116 valence electrons. The van der Waals surface area contributed by atoms with Gasteiger partial charge in [0.25, 0.3) is 5.69 Å². The fraction of sp³-hybridized carbons (Fsp3) is 0.571. The monoisotopic (exact) mass is 312 g/mol. The maximum absolute atomic E-state index is 12.6. The van der Waals surface area contributed by atoms with Gasteiger partial charge in [-0.1, -0.05) is 20.8 Å². The molecule has 0 spiro atoms. The van der Waals surface area contributed by atoms with Crippen molar-refractivity contribution in [1.29, 1.82) is 0 Å². The predicted octanol–water partition coefficient (Wildman–Crippen LogP) is 2.68. The van der Waals surface area contributed by atoms with Gasteiger partial charge in [-0.15, -0.1) is 0 Å². The summed E-state index contributed by atoms with van der Waals surface area (Å²) in [5.41, 5.74) is 0.107. The Bertz CT molecular complexity index is 656. The summed E-state index contributed by atoms with van der Waals surface area (Å²) < 4.78 is 26.6. The number of hydrogen-bond acceptors (Lipinski definition) is 4. The van der Waals surface area contributed by atoms with E-state index in [-0.39, 0.29) is 16.0 Å². The van der Waals surface area contributed by atoms with Gasteiger partial charge in [-0.2, -0.15) is 4.31 Å². The lowest BCUT2D eigenvalue weighted by molar-refractivity contribution is -0.385. The Labute approximate surface area is 125 Å². The molecular weight excluding hydrogens is 292 g/mol. The molecule has 21 heavy (non-hydrogen) atoms. The smallest absolute Gasteiger partial charge is 0.258 e. The summed E-state index contributed by atoms with van der Waals surface area (Å²) in [7, 11) is -3.65. The first kappa shape index (κ1) is 15.9. The molecule has 1 aliphatic heterocycles. The van der Waals surface area contributed by atoms with Crippen LogP contribution in [0.25, 0.3) is 0 Å². The summed E-state index contributed by atoms with van der Waals surface area (Å²) in [4.78, 5) is 10.6. The van der Waals surface area contributed by atoms with E-state index in [0.717, 1.165) is 18.9 Å². The Kier molecular flexibility index (Phi) is 4.08. The van der Waals surface area contributed by atoms with E-state index in [1.165, 1.54) is 10.4 Å². The van der Waals surface area contributed by atoms with Crippen molar-refractivity contribution in [1.82, 2.24) is 4.31 Å². The minimum atomic E-state index is -3.65. The van der Waals surface area contributed by atoms with Crippen LogP contribution in [0, 0.1) is 10.1 Å². The highest BCUT2D eigenvalue weighted by molar-refractivity contribution is 7.89. The molecule has 1 fully saturated rings. The molecule has 0 bridgehead atoms. The number of sulfonamides is 1. The van der Waals surface area contributed by atoms with Crippen molar-refractivity contribution >= 4 is 15.7 Å². The van der Waals surface area contributed by atoms with Crippen molar-refractivity contribution in [3.8, 4) is 0 Å². The molecule has 6 nitrogen and oxygen atoms in total. The maximum Gasteiger partial charge on any atom is 0.271 e. The van der Waals surface area contributed by atoms with Crippen LogP contribution in [0.1, 0.15) is 39.2 Å². The summed E-state index contributed by atoms with van der Waals surface area (Å²) >= 11 is 0. The minimum Gasteiger partial charge on any atom is -0.258 e. The van der Waals surface area contributed by atoms with E-state index < -0.39 is 14.9 Å². The number of benzene rings is 1. The van der Waals surface area contributed by atoms with Crippen LogP contribution >= 0.6 is 0 Å². The molecule has 1 aliphatic rings. The lowest BCUT2D eigenvalue weighted by atomic mass is 9.87. The van der Waals surface area contributed by atoms with Gasteiger partial charge in [0.05, 0.1) is 9.82 Å². The number of non-ortho nitro benzene ring substituents is 1. The van der Waals surface area contributed by atoms with Crippen molar-refractivity contribution in [2.45, 2.75) is 43.9 Å². The minimum absolute atomic E-state index is 0.0172. The number of hydrogen-bond donors (Lipinski definition) is 0. The fourth-order valence-corrected chi connectivity index (χ4v) is 3.93. The molecular formula is C14H20N2O4S. The zero-order valence-electron chi connectivity index (χ0n) is 12.5. The van der Waals surface area contributed by atoms with Crippen molar-refractivity contribution in [3.63, 3.8) is 0 Å². The Morgan fingerprint density at radius 2 is 1.71 bits per heavy atom. The quantitative estimate of drug-likeness (QED) is 0.635. The van der Waals surface area contributed by atoms with E-state index in [1.54, 1.807) is 6.07 Å². The highest BCUT2D eigenvalue weighted by atomic mass is 32.2. The highest BCUT2D eigenvalue weighted by Gasteiger charge is 2.30. The number of nitro groups is 1. The van der Waals surface area contributed by atoms with Crippen molar-refractivity contribution < 1.29 is 13.3 Å². The third-order valence-corrected chi connectivity index (χ3v) is 5.55. The van der Waals surface area contributed by atoms with E-state index in [1.807, 2.05) is 20.8 Å². The van der Waals surface area contributed by atoms with E-state index in [4.69, 9.17) is 0 Å². The molecule has 0 N–H and O–H groups in total. The molecule has 1 aromatic carbocycles. The zero-order chi connectivity index (χ0) is 15.8. The number of nitrogens with zero attached hydrogens (tertiary/aromatic N) is 2. The van der Waals surface area contributed by atoms with Crippen molar-refractivity contribution in [3.05, 3.63) is 33.9 Å². The zero-order valence-corrected chi connectivity index (χ0v) is 13.3. The van der Waals surface area contributed by atoms with Crippen molar-refractivity contribution in [2.75, 3.05) is 13.1 Å². The maximum atomic E-state index is 12.6. The molecule has 7 heteroatoms. The molecule has 0 unspecified atom stereocenters. The second-order valence-corrected chi connectivity index (χ2v) is 8.27. The molecule has 1 heterocycles. The van der Waals surface area contributed by atoms with Gasteiger partial charge in [-0.3, -0.25) is 10.1 Å².